The van der Waals surface area contributed by atoms with Gasteiger partial charge in [-0.25, -0.2) is 4.98 Å². The number of aryl methyl sites for hydroxylation is 1. The molecule has 0 saturated heterocycles. The minimum atomic E-state index is 0.241. The van der Waals surface area contributed by atoms with E-state index in [9.17, 15) is 4.79 Å². The quantitative estimate of drug-likeness (QED) is 0.314. The highest BCUT2D eigenvalue weighted by atomic mass is 16.1. The van der Waals surface area contributed by atoms with Gasteiger partial charge in [-0.05, 0) is 24.6 Å². The maximum absolute atomic E-state index is 13.4. The van der Waals surface area contributed by atoms with Gasteiger partial charge >= 0.3 is 0 Å². The van der Waals surface area contributed by atoms with E-state index in [1.165, 1.54) is 0 Å². The molecule has 0 bridgehead atoms. The van der Waals surface area contributed by atoms with Crippen LogP contribution in [-0.4, -0.2) is 15.2 Å². The van der Waals surface area contributed by atoms with Crippen LogP contribution in [-0.2, 0) is 6.42 Å². The molecule has 0 aliphatic heterocycles. The van der Waals surface area contributed by atoms with E-state index in [0.717, 1.165) is 62.2 Å². The summed E-state index contributed by atoms with van der Waals surface area (Å²) in [5.41, 5.74) is 8.27. The summed E-state index contributed by atoms with van der Waals surface area (Å²) in [4.78, 5) is 18.6. The number of fused-ring (bicyclic) bond motifs is 6. The second-order valence-electron chi connectivity index (χ2n) is 9.01. The monoisotopic (exact) mass is 416 g/mol. The zero-order valence-corrected chi connectivity index (χ0v) is 18.3. The smallest absolute Gasteiger partial charge is 0.165 e. The molecule has 0 saturated carbocycles. The van der Waals surface area contributed by atoms with Gasteiger partial charge in [-0.3, -0.25) is 9.20 Å². The van der Waals surface area contributed by atoms with Crippen molar-refractivity contribution in [3.63, 3.8) is 0 Å². The third-order valence-corrected chi connectivity index (χ3v) is 6.57. The summed E-state index contributed by atoms with van der Waals surface area (Å²) in [5.74, 6) is 0.553. The van der Waals surface area contributed by atoms with Crippen molar-refractivity contribution in [2.45, 2.75) is 26.7 Å². The van der Waals surface area contributed by atoms with Crippen molar-refractivity contribution in [3.05, 3.63) is 95.7 Å². The molecule has 1 unspecified atom stereocenters. The number of imidazole rings is 1. The van der Waals surface area contributed by atoms with E-state index < -0.39 is 0 Å². The SMILES string of the molecule is Cc1ccc2c(c1)c1c(n3c(-c4ccccc4)c(-c4ccccc4)nc23)CC(C)CC1=O. The minimum absolute atomic E-state index is 0.241. The summed E-state index contributed by atoms with van der Waals surface area (Å²) < 4.78 is 2.28. The third-order valence-electron chi connectivity index (χ3n) is 6.57. The summed E-state index contributed by atoms with van der Waals surface area (Å²) >= 11 is 0. The van der Waals surface area contributed by atoms with Crippen LogP contribution in [0.15, 0.2) is 78.9 Å². The molecule has 6 rings (SSSR count). The lowest BCUT2D eigenvalue weighted by Crippen LogP contribution is -2.22. The highest BCUT2D eigenvalue weighted by molar-refractivity contribution is 6.13. The Morgan fingerprint density at radius 1 is 0.844 bits per heavy atom. The van der Waals surface area contributed by atoms with Crippen LogP contribution in [0.5, 0.6) is 0 Å². The minimum Gasteiger partial charge on any atom is -0.295 e. The van der Waals surface area contributed by atoms with Crippen LogP contribution in [0.3, 0.4) is 0 Å². The second kappa shape index (κ2) is 7.16. The number of ketones is 1. The molecule has 1 aliphatic carbocycles. The van der Waals surface area contributed by atoms with Gasteiger partial charge in [0.1, 0.15) is 5.65 Å². The molecule has 0 amide bonds. The molecule has 2 heterocycles. The van der Waals surface area contributed by atoms with Crippen molar-refractivity contribution in [1.82, 2.24) is 9.38 Å². The van der Waals surface area contributed by atoms with Crippen molar-refractivity contribution >= 4 is 22.2 Å². The maximum Gasteiger partial charge on any atom is 0.165 e. The Morgan fingerprint density at radius 3 is 2.25 bits per heavy atom. The van der Waals surface area contributed by atoms with Gasteiger partial charge in [0.05, 0.1) is 11.4 Å². The zero-order chi connectivity index (χ0) is 21.8. The standard InChI is InChI=1S/C29H24N2O/c1-18-13-14-22-23(15-18)26-24(16-19(2)17-25(26)32)31-28(21-11-7-4-8-12-21)27(30-29(22)31)20-9-5-3-6-10-20/h3-15,19H,16-17H2,1-2H3. The van der Waals surface area contributed by atoms with Crippen LogP contribution in [0.1, 0.15) is 35.0 Å². The molecule has 2 aromatic heterocycles. The molecule has 32 heavy (non-hydrogen) atoms. The number of carbonyl (C=O) groups excluding carboxylic acids is 1. The predicted octanol–water partition coefficient (Wildman–Crippen LogP) is 6.89. The average molecular weight is 417 g/mol. The number of nitrogens with zero attached hydrogens (tertiary/aromatic N) is 2. The molecule has 3 aromatic carbocycles. The van der Waals surface area contributed by atoms with Crippen LogP contribution >= 0.6 is 0 Å². The van der Waals surface area contributed by atoms with Gasteiger partial charge in [-0.15, -0.1) is 0 Å². The fourth-order valence-corrected chi connectivity index (χ4v) is 5.18. The molecular weight excluding hydrogens is 392 g/mol. The van der Waals surface area contributed by atoms with Gasteiger partial charge in [0.2, 0.25) is 0 Å². The van der Waals surface area contributed by atoms with E-state index in [4.69, 9.17) is 4.98 Å². The van der Waals surface area contributed by atoms with Crippen LogP contribution in [0.4, 0.5) is 0 Å². The van der Waals surface area contributed by atoms with Gasteiger partial charge in [-0.2, -0.15) is 0 Å². The second-order valence-corrected chi connectivity index (χ2v) is 9.01. The molecule has 156 valence electrons. The fraction of sp³-hybridized carbons (Fsp3) is 0.172. The number of benzene rings is 3. The Hall–Kier alpha value is -3.72. The molecule has 3 heteroatoms. The molecule has 1 atom stereocenters. The van der Waals surface area contributed by atoms with Crippen molar-refractivity contribution in [2.75, 3.05) is 0 Å². The number of hydrogen-bond donors (Lipinski definition) is 0. The van der Waals surface area contributed by atoms with Crippen molar-refractivity contribution < 1.29 is 4.79 Å². The molecule has 0 N–H and O–H groups in total. The largest absolute Gasteiger partial charge is 0.295 e. The van der Waals surface area contributed by atoms with E-state index in [1.54, 1.807) is 0 Å². The number of aromatic nitrogens is 2. The first-order valence-electron chi connectivity index (χ1n) is 11.2. The van der Waals surface area contributed by atoms with Crippen molar-refractivity contribution in [3.8, 4) is 22.5 Å². The number of pyridine rings is 1. The van der Waals surface area contributed by atoms with E-state index in [0.29, 0.717) is 12.3 Å². The first-order chi connectivity index (χ1) is 15.6. The summed E-state index contributed by atoms with van der Waals surface area (Å²) in [6.07, 6.45) is 1.47. The molecule has 3 nitrogen and oxygen atoms in total. The van der Waals surface area contributed by atoms with Gasteiger partial charge in [0, 0.05) is 34.2 Å². The molecule has 0 fully saturated rings. The summed E-state index contributed by atoms with van der Waals surface area (Å²) in [5, 5.41) is 2.07. The Balaban J connectivity index is 1.85. The first kappa shape index (κ1) is 19.0. The van der Waals surface area contributed by atoms with Gasteiger partial charge in [0.15, 0.2) is 5.78 Å². The normalized spacial score (nSPS) is 15.9. The van der Waals surface area contributed by atoms with Gasteiger partial charge in [-0.1, -0.05) is 91.3 Å². The summed E-state index contributed by atoms with van der Waals surface area (Å²) in [6, 6.07) is 27.2. The topological polar surface area (TPSA) is 34.4 Å². The molecule has 0 radical (unpaired) electrons. The first-order valence-corrected chi connectivity index (χ1v) is 11.2. The number of hydrogen-bond acceptors (Lipinski definition) is 2. The van der Waals surface area contributed by atoms with Crippen LogP contribution in [0.2, 0.25) is 0 Å². The van der Waals surface area contributed by atoms with Crippen molar-refractivity contribution in [1.29, 1.82) is 0 Å². The predicted molar refractivity (Wildman–Crippen MR) is 130 cm³/mol. The maximum atomic E-state index is 13.4. The Morgan fingerprint density at radius 2 is 1.53 bits per heavy atom. The molecule has 0 spiro atoms. The van der Waals surface area contributed by atoms with Crippen molar-refractivity contribution in [2.24, 2.45) is 5.92 Å². The van der Waals surface area contributed by atoms with E-state index in [2.05, 4.69) is 85.0 Å². The Kier molecular flexibility index (Phi) is 4.25. The Labute approximate surface area is 187 Å². The summed E-state index contributed by atoms with van der Waals surface area (Å²) in [7, 11) is 0. The van der Waals surface area contributed by atoms with E-state index >= 15 is 0 Å². The Bertz CT molecular complexity index is 1500. The highest BCUT2D eigenvalue weighted by Gasteiger charge is 2.30. The lowest BCUT2D eigenvalue weighted by molar-refractivity contribution is 0.0954. The van der Waals surface area contributed by atoms with Crippen LogP contribution in [0.25, 0.3) is 38.9 Å². The van der Waals surface area contributed by atoms with Gasteiger partial charge < -0.3 is 0 Å². The van der Waals surface area contributed by atoms with Gasteiger partial charge in [0.25, 0.3) is 0 Å². The van der Waals surface area contributed by atoms with E-state index in [-0.39, 0.29) is 5.78 Å². The van der Waals surface area contributed by atoms with E-state index in [1.807, 2.05) is 12.1 Å². The average Bonchev–Trinajstić information content (AvgIpc) is 3.21. The molecule has 1 aliphatic rings. The van der Waals surface area contributed by atoms with Crippen LogP contribution in [0, 0.1) is 12.8 Å². The van der Waals surface area contributed by atoms with Crippen LogP contribution < -0.4 is 0 Å². The molecular formula is C29H24N2O. The lowest BCUT2D eigenvalue weighted by Gasteiger charge is -2.25. The zero-order valence-electron chi connectivity index (χ0n) is 18.3. The highest BCUT2D eigenvalue weighted by Crippen LogP contribution is 2.40. The fourth-order valence-electron chi connectivity index (χ4n) is 5.18. The number of Topliss-reactive ketones (excluding diaryl/α,β-unsaturated/α-hetero) is 1. The molecule has 5 aromatic rings. The third kappa shape index (κ3) is 2.81. The lowest BCUT2D eigenvalue weighted by atomic mass is 9.84. The number of carbonyl (C=O) groups is 1. The number of rotatable bonds is 2. The summed E-state index contributed by atoms with van der Waals surface area (Å²) in [6.45, 7) is 4.26.